The number of hydrogen-bond donors (Lipinski definition) is 0. The molecule has 158 valence electrons. The number of piperazine rings is 1. The van der Waals surface area contributed by atoms with Gasteiger partial charge in [0.15, 0.2) is 5.58 Å². The van der Waals surface area contributed by atoms with Gasteiger partial charge in [0.25, 0.3) is 0 Å². The number of aromatic nitrogens is 1. The van der Waals surface area contributed by atoms with Crippen molar-refractivity contribution in [3.05, 3.63) is 64.6 Å². The monoisotopic (exact) mass is 409 g/mol. The molecule has 2 heterocycles. The van der Waals surface area contributed by atoms with Crippen LogP contribution in [0, 0.1) is 0 Å². The van der Waals surface area contributed by atoms with Gasteiger partial charge in [-0.3, -0.25) is 14.3 Å². The van der Waals surface area contributed by atoms with Gasteiger partial charge in [0.1, 0.15) is 5.75 Å². The highest BCUT2D eigenvalue weighted by molar-refractivity contribution is 5.76. The van der Waals surface area contributed by atoms with E-state index < -0.39 is 0 Å². The molecule has 1 aromatic heterocycles. The van der Waals surface area contributed by atoms with Gasteiger partial charge in [0.2, 0.25) is 5.91 Å². The summed E-state index contributed by atoms with van der Waals surface area (Å²) in [7, 11) is 1.67. The molecule has 3 aromatic rings. The number of nitrogens with zero attached hydrogens (tertiary/aromatic N) is 3. The van der Waals surface area contributed by atoms with Crippen molar-refractivity contribution >= 4 is 17.0 Å². The van der Waals surface area contributed by atoms with Crippen LogP contribution in [0.25, 0.3) is 11.1 Å². The summed E-state index contributed by atoms with van der Waals surface area (Å²) < 4.78 is 12.1. The van der Waals surface area contributed by atoms with E-state index in [0.717, 1.165) is 44.0 Å². The highest BCUT2D eigenvalue weighted by Gasteiger charge is 2.21. The van der Waals surface area contributed by atoms with Crippen LogP contribution in [0.4, 0.5) is 0 Å². The summed E-state index contributed by atoms with van der Waals surface area (Å²) in [5.41, 5.74) is 2.61. The number of methoxy groups -OCH3 is 1. The maximum absolute atomic E-state index is 12.6. The molecule has 7 nitrogen and oxygen atoms in total. The SMILES string of the molecule is COc1ccc(CN2CCN(C(=O)CCCn3c(=O)oc4ccccc43)CC2)cc1. The number of para-hydroxylation sites is 2. The predicted octanol–water partition coefficient (Wildman–Crippen LogP) is 2.73. The van der Waals surface area contributed by atoms with E-state index >= 15 is 0 Å². The minimum Gasteiger partial charge on any atom is -0.497 e. The molecule has 1 amide bonds. The molecule has 0 aliphatic carbocycles. The standard InChI is InChI=1S/C23H27N3O4/c1-29-19-10-8-18(9-11-19)17-24-13-15-25(16-14-24)22(27)7-4-12-26-20-5-2-3-6-21(20)30-23(26)28/h2-3,5-6,8-11H,4,7,12-17H2,1H3. The Morgan fingerprint density at radius 3 is 2.50 bits per heavy atom. The molecule has 0 unspecified atom stereocenters. The average molecular weight is 409 g/mol. The minimum atomic E-state index is -0.365. The van der Waals surface area contributed by atoms with Crippen LogP contribution in [0.1, 0.15) is 18.4 Å². The van der Waals surface area contributed by atoms with Gasteiger partial charge in [-0.1, -0.05) is 24.3 Å². The normalized spacial score (nSPS) is 14.9. The number of fused-ring (bicyclic) bond motifs is 1. The summed E-state index contributed by atoms with van der Waals surface area (Å²) in [6.07, 6.45) is 1.05. The number of benzene rings is 2. The van der Waals surface area contributed by atoms with Crippen LogP contribution in [0.15, 0.2) is 57.7 Å². The first kappa shape index (κ1) is 20.2. The second-order valence-electron chi connectivity index (χ2n) is 7.60. The number of rotatable bonds is 7. The number of carbonyl (C=O) groups excluding carboxylic acids is 1. The molecule has 0 N–H and O–H groups in total. The summed E-state index contributed by atoms with van der Waals surface area (Å²) in [6, 6.07) is 15.5. The first-order valence-electron chi connectivity index (χ1n) is 10.4. The van der Waals surface area contributed by atoms with E-state index in [1.54, 1.807) is 17.7 Å². The summed E-state index contributed by atoms with van der Waals surface area (Å²) >= 11 is 0. The van der Waals surface area contributed by atoms with Crippen molar-refractivity contribution in [2.75, 3.05) is 33.3 Å². The van der Waals surface area contributed by atoms with E-state index in [4.69, 9.17) is 9.15 Å². The average Bonchev–Trinajstić information content (AvgIpc) is 3.10. The van der Waals surface area contributed by atoms with Gasteiger partial charge < -0.3 is 14.1 Å². The van der Waals surface area contributed by atoms with Crippen LogP contribution in [0.5, 0.6) is 5.75 Å². The van der Waals surface area contributed by atoms with Crippen molar-refractivity contribution < 1.29 is 13.9 Å². The van der Waals surface area contributed by atoms with E-state index in [-0.39, 0.29) is 11.7 Å². The first-order chi connectivity index (χ1) is 14.6. The molecule has 1 aliphatic heterocycles. The van der Waals surface area contributed by atoms with Crippen molar-refractivity contribution in [2.24, 2.45) is 0 Å². The molecule has 4 rings (SSSR count). The zero-order valence-corrected chi connectivity index (χ0v) is 17.3. The van der Waals surface area contributed by atoms with Crippen molar-refractivity contribution in [2.45, 2.75) is 25.9 Å². The van der Waals surface area contributed by atoms with E-state index in [0.29, 0.717) is 25.0 Å². The van der Waals surface area contributed by atoms with Gasteiger partial charge in [-0.15, -0.1) is 0 Å². The second kappa shape index (κ2) is 9.17. The Kier molecular flexibility index (Phi) is 6.18. The first-order valence-corrected chi connectivity index (χ1v) is 10.4. The maximum atomic E-state index is 12.6. The molecule has 0 saturated carbocycles. The molecule has 0 spiro atoms. The Balaban J connectivity index is 1.23. The number of carbonyl (C=O) groups is 1. The molecule has 1 fully saturated rings. The van der Waals surface area contributed by atoms with Crippen molar-refractivity contribution in [3.63, 3.8) is 0 Å². The molecular weight excluding hydrogens is 382 g/mol. The van der Waals surface area contributed by atoms with Crippen LogP contribution in [0.2, 0.25) is 0 Å². The molecule has 30 heavy (non-hydrogen) atoms. The molecular formula is C23H27N3O4. The van der Waals surface area contributed by atoms with E-state index in [1.165, 1.54) is 5.56 Å². The van der Waals surface area contributed by atoms with Crippen LogP contribution in [-0.4, -0.2) is 53.6 Å². The van der Waals surface area contributed by atoms with Crippen LogP contribution in [-0.2, 0) is 17.9 Å². The molecule has 1 aliphatic rings. The lowest BCUT2D eigenvalue weighted by Gasteiger charge is -2.34. The predicted molar refractivity (Wildman–Crippen MR) is 115 cm³/mol. The zero-order valence-electron chi connectivity index (χ0n) is 17.3. The van der Waals surface area contributed by atoms with Crippen molar-refractivity contribution in [3.8, 4) is 5.75 Å². The van der Waals surface area contributed by atoms with Gasteiger partial charge in [0.05, 0.1) is 12.6 Å². The molecule has 2 aromatic carbocycles. The molecule has 0 radical (unpaired) electrons. The zero-order chi connectivity index (χ0) is 20.9. The Hall–Kier alpha value is -3.06. The molecule has 0 bridgehead atoms. The van der Waals surface area contributed by atoms with Gasteiger partial charge >= 0.3 is 5.76 Å². The largest absolute Gasteiger partial charge is 0.497 e. The lowest BCUT2D eigenvalue weighted by Crippen LogP contribution is -2.48. The number of amides is 1. The van der Waals surface area contributed by atoms with Crippen LogP contribution in [0.3, 0.4) is 0 Å². The van der Waals surface area contributed by atoms with Crippen LogP contribution < -0.4 is 10.5 Å². The third-order valence-electron chi connectivity index (χ3n) is 5.64. The number of oxazole rings is 1. The molecule has 1 saturated heterocycles. The third kappa shape index (κ3) is 4.57. The summed E-state index contributed by atoms with van der Waals surface area (Å²) in [4.78, 5) is 28.9. The Morgan fingerprint density at radius 2 is 1.77 bits per heavy atom. The lowest BCUT2D eigenvalue weighted by atomic mass is 10.2. The van der Waals surface area contributed by atoms with Gasteiger partial charge in [-0.2, -0.15) is 0 Å². The topological polar surface area (TPSA) is 67.9 Å². The Morgan fingerprint density at radius 1 is 1.03 bits per heavy atom. The smallest absolute Gasteiger partial charge is 0.419 e. The van der Waals surface area contributed by atoms with E-state index in [2.05, 4.69) is 17.0 Å². The number of ether oxygens (including phenoxy) is 1. The third-order valence-corrected chi connectivity index (χ3v) is 5.64. The Labute approximate surface area is 175 Å². The lowest BCUT2D eigenvalue weighted by molar-refractivity contribution is -0.133. The molecule has 0 atom stereocenters. The molecule has 7 heteroatoms. The van der Waals surface area contributed by atoms with E-state index in [9.17, 15) is 9.59 Å². The van der Waals surface area contributed by atoms with Gasteiger partial charge in [-0.05, 0) is 36.2 Å². The maximum Gasteiger partial charge on any atom is 0.419 e. The fourth-order valence-electron chi connectivity index (χ4n) is 3.92. The number of hydrogen-bond acceptors (Lipinski definition) is 5. The fourth-order valence-corrected chi connectivity index (χ4v) is 3.92. The second-order valence-corrected chi connectivity index (χ2v) is 7.60. The van der Waals surface area contributed by atoms with Crippen LogP contribution >= 0.6 is 0 Å². The van der Waals surface area contributed by atoms with Crippen molar-refractivity contribution in [1.82, 2.24) is 14.4 Å². The van der Waals surface area contributed by atoms with Crippen molar-refractivity contribution in [1.29, 1.82) is 0 Å². The summed E-state index contributed by atoms with van der Waals surface area (Å²) in [5.74, 6) is 0.649. The highest BCUT2D eigenvalue weighted by atomic mass is 16.5. The van der Waals surface area contributed by atoms with Gasteiger partial charge in [0, 0.05) is 45.7 Å². The van der Waals surface area contributed by atoms with Gasteiger partial charge in [-0.25, -0.2) is 4.79 Å². The minimum absolute atomic E-state index is 0.153. The summed E-state index contributed by atoms with van der Waals surface area (Å²) in [5, 5.41) is 0. The Bertz CT molecular complexity index is 1050. The van der Waals surface area contributed by atoms with E-state index in [1.807, 2.05) is 35.2 Å². The fraction of sp³-hybridized carbons (Fsp3) is 0.391. The summed E-state index contributed by atoms with van der Waals surface area (Å²) in [6.45, 7) is 4.57. The number of aryl methyl sites for hydroxylation is 1. The quantitative estimate of drug-likeness (QED) is 0.600. The highest BCUT2D eigenvalue weighted by Crippen LogP contribution is 2.15.